The molecule has 2 atom stereocenters. The number of nitrogens with one attached hydrogen (secondary N) is 1. The van der Waals surface area contributed by atoms with Gasteiger partial charge in [-0.15, -0.1) is 0 Å². The van der Waals surface area contributed by atoms with Crippen LogP contribution < -0.4 is 15.8 Å². The van der Waals surface area contributed by atoms with Crippen molar-refractivity contribution < 1.29 is 4.74 Å². The normalized spacial score (nSPS) is 32.6. The number of nitrogens with two attached hydrogens (primary N) is 1. The van der Waals surface area contributed by atoms with Gasteiger partial charge in [0.1, 0.15) is 6.10 Å². The molecule has 0 radical (unpaired) electrons. The number of hydrogen-bond acceptors (Lipinski definition) is 4. The quantitative estimate of drug-likeness (QED) is 0.787. The van der Waals surface area contributed by atoms with Crippen molar-refractivity contribution in [3.63, 3.8) is 0 Å². The van der Waals surface area contributed by atoms with Crippen molar-refractivity contribution in [1.82, 2.24) is 10.3 Å². The minimum absolute atomic E-state index is 0.274. The van der Waals surface area contributed by atoms with Crippen molar-refractivity contribution in [1.29, 1.82) is 0 Å². The molecule has 3 heterocycles. The molecule has 2 saturated heterocycles. The van der Waals surface area contributed by atoms with Crippen LogP contribution in [0.1, 0.15) is 25.7 Å². The Balaban J connectivity index is 1.69. The fourth-order valence-electron chi connectivity index (χ4n) is 2.76. The zero-order chi connectivity index (χ0) is 11.0. The van der Waals surface area contributed by atoms with E-state index in [1.165, 1.54) is 12.8 Å². The molecule has 86 valence electrons. The largest absolute Gasteiger partial charge is 0.473 e. The third-order valence-corrected chi connectivity index (χ3v) is 3.51. The van der Waals surface area contributed by atoms with Crippen LogP contribution in [0, 0.1) is 0 Å². The van der Waals surface area contributed by atoms with E-state index in [4.69, 9.17) is 10.5 Å². The SMILES string of the molecule is Nc1cccnc1OC1CC2CCC(C1)N2. The molecule has 2 fully saturated rings. The van der Waals surface area contributed by atoms with Gasteiger partial charge in [-0.25, -0.2) is 4.98 Å². The Hall–Kier alpha value is -1.29. The molecule has 0 aromatic carbocycles. The van der Waals surface area contributed by atoms with E-state index in [0.717, 1.165) is 12.8 Å². The number of hydrogen-bond donors (Lipinski definition) is 2. The second-order valence-corrected chi connectivity index (χ2v) is 4.75. The summed E-state index contributed by atoms with van der Waals surface area (Å²) >= 11 is 0. The highest BCUT2D eigenvalue weighted by Crippen LogP contribution is 2.30. The predicted octanol–water partition coefficient (Wildman–Crippen LogP) is 1.33. The summed E-state index contributed by atoms with van der Waals surface area (Å²) in [5.41, 5.74) is 6.45. The Morgan fingerprint density at radius 3 is 2.75 bits per heavy atom. The molecule has 1 aromatic rings. The third kappa shape index (κ3) is 1.85. The van der Waals surface area contributed by atoms with E-state index in [2.05, 4.69) is 10.3 Å². The summed E-state index contributed by atoms with van der Waals surface area (Å²) in [5, 5.41) is 3.59. The van der Waals surface area contributed by atoms with Gasteiger partial charge in [0.25, 0.3) is 0 Å². The lowest BCUT2D eigenvalue weighted by Gasteiger charge is -2.29. The van der Waals surface area contributed by atoms with Crippen molar-refractivity contribution >= 4 is 5.69 Å². The number of nitrogen functional groups attached to an aromatic ring is 1. The monoisotopic (exact) mass is 219 g/mol. The number of fused-ring (bicyclic) bond motifs is 2. The summed E-state index contributed by atoms with van der Waals surface area (Å²) < 4.78 is 5.89. The van der Waals surface area contributed by atoms with E-state index in [-0.39, 0.29) is 6.10 Å². The molecule has 0 amide bonds. The summed E-state index contributed by atoms with van der Waals surface area (Å²) in [7, 11) is 0. The van der Waals surface area contributed by atoms with Crippen LogP contribution in [0.3, 0.4) is 0 Å². The van der Waals surface area contributed by atoms with Crippen molar-refractivity contribution in [3.05, 3.63) is 18.3 Å². The number of nitrogens with zero attached hydrogens (tertiary/aromatic N) is 1. The average molecular weight is 219 g/mol. The second kappa shape index (κ2) is 3.94. The first kappa shape index (κ1) is 9.90. The van der Waals surface area contributed by atoms with E-state index >= 15 is 0 Å². The summed E-state index contributed by atoms with van der Waals surface area (Å²) in [4.78, 5) is 4.18. The number of anilines is 1. The van der Waals surface area contributed by atoms with Gasteiger partial charge in [0, 0.05) is 18.3 Å². The van der Waals surface area contributed by atoms with Crippen molar-refractivity contribution in [2.45, 2.75) is 43.9 Å². The maximum absolute atomic E-state index is 5.89. The van der Waals surface area contributed by atoms with Crippen molar-refractivity contribution in [2.75, 3.05) is 5.73 Å². The fourth-order valence-corrected chi connectivity index (χ4v) is 2.76. The van der Waals surface area contributed by atoms with Crippen LogP contribution in [0.15, 0.2) is 18.3 Å². The molecule has 2 aliphatic heterocycles. The zero-order valence-corrected chi connectivity index (χ0v) is 9.23. The van der Waals surface area contributed by atoms with Gasteiger partial charge in [-0.1, -0.05) is 0 Å². The number of pyridine rings is 1. The smallest absolute Gasteiger partial charge is 0.237 e. The predicted molar refractivity (Wildman–Crippen MR) is 62.2 cm³/mol. The molecule has 2 unspecified atom stereocenters. The lowest BCUT2D eigenvalue weighted by Crippen LogP contribution is -2.42. The molecule has 3 N–H and O–H groups in total. The van der Waals surface area contributed by atoms with E-state index in [1.54, 1.807) is 6.20 Å². The molecule has 0 saturated carbocycles. The van der Waals surface area contributed by atoms with Crippen LogP contribution in [-0.2, 0) is 0 Å². The molecular formula is C12H17N3O. The van der Waals surface area contributed by atoms with Gasteiger partial charge < -0.3 is 15.8 Å². The number of ether oxygens (including phenoxy) is 1. The maximum atomic E-state index is 5.89. The number of aromatic nitrogens is 1. The van der Waals surface area contributed by atoms with E-state index < -0.39 is 0 Å². The Bertz CT molecular complexity index is 370. The molecule has 16 heavy (non-hydrogen) atoms. The van der Waals surface area contributed by atoms with Crippen LogP contribution in [0.25, 0.3) is 0 Å². The number of rotatable bonds is 2. The third-order valence-electron chi connectivity index (χ3n) is 3.51. The van der Waals surface area contributed by atoms with Crippen LogP contribution in [-0.4, -0.2) is 23.2 Å². The molecule has 0 spiro atoms. The summed E-state index contributed by atoms with van der Waals surface area (Å²) in [6, 6.07) is 4.93. The highest BCUT2D eigenvalue weighted by atomic mass is 16.5. The van der Waals surface area contributed by atoms with Crippen LogP contribution in [0.5, 0.6) is 5.88 Å². The van der Waals surface area contributed by atoms with Gasteiger partial charge in [0.05, 0.1) is 5.69 Å². The first-order chi connectivity index (χ1) is 7.81. The molecule has 2 bridgehead atoms. The van der Waals surface area contributed by atoms with Gasteiger partial charge >= 0.3 is 0 Å². The van der Waals surface area contributed by atoms with Gasteiger partial charge in [-0.05, 0) is 37.8 Å². The number of piperidine rings is 1. The van der Waals surface area contributed by atoms with Gasteiger partial charge in [-0.2, -0.15) is 0 Å². The Kier molecular flexibility index (Phi) is 2.44. The van der Waals surface area contributed by atoms with Gasteiger partial charge in [0.2, 0.25) is 5.88 Å². The minimum Gasteiger partial charge on any atom is -0.473 e. The summed E-state index contributed by atoms with van der Waals surface area (Å²) in [5.74, 6) is 0.591. The minimum atomic E-state index is 0.274. The molecule has 4 heteroatoms. The lowest BCUT2D eigenvalue weighted by molar-refractivity contribution is 0.133. The Morgan fingerprint density at radius 2 is 2.06 bits per heavy atom. The molecule has 3 rings (SSSR count). The molecule has 4 nitrogen and oxygen atoms in total. The van der Waals surface area contributed by atoms with Gasteiger partial charge in [0.15, 0.2) is 0 Å². The maximum Gasteiger partial charge on any atom is 0.237 e. The van der Waals surface area contributed by atoms with Gasteiger partial charge in [-0.3, -0.25) is 0 Å². The van der Waals surface area contributed by atoms with E-state index in [9.17, 15) is 0 Å². The Labute approximate surface area is 95.2 Å². The van der Waals surface area contributed by atoms with Crippen LogP contribution in [0.4, 0.5) is 5.69 Å². The van der Waals surface area contributed by atoms with Crippen LogP contribution in [0.2, 0.25) is 0 Å². The van der Waals surface area contributed by atoms with Crippen LogP contribution >= 0.6 is 0 Å². The summed E-state index contributed by atoms with van der Waals surface area (Å²) in [6.45, 7) is 0. The first-order valence-electron chi connectivity index (χ1n) is 5.94. The van der Waals surface area contributed by atoms with E-state index in [0.29, 0.717) is 23.7 Å². The summed E-state index contributed by atoms with van der Waals surface area (Å²) in [6.07, 6.45) is 6.71. The van der Waals surface area contributed by atoms with E-state index in [1.807, 2.05) is 12.1 Å². The first-order valence-corrected chi connectivity index (χ1v) is 5.94. The Morgan fingerprint density at radius 1 is 1.31 bits per heavy atom. The molecule has 1 aromatic heterocycles. The molecular weight excluding hydrogens is 202 g/mol. The standard InChI is InChI=1S/C12H17N3O/c13-11-2-1-5-14-12(11)16-10-6-8-3-4-9(7-10)15-8/h1-2,5,8-10,15H,3-4,6-7,13H2. The average Bonchev–Trinajstić information content (AvgIpc) is 2.62. The molecule has 0 aliphatic carbocycles. The zero-order valence-electron chi connectivity index (χ0n) is 9.23. The highest BCUT2D eigenvalue weighted by Gasteiger charge is 2.34. The topological polar surface area (TPSA) is 60.2 Å². The van der Waals surface area contributed by atoms with Crippen molar-refractivity contribution in [2.24, 2.45) is 0 Å². The highest BCUT2D eigenvalue weighted by molar-refractivity contribution is 5.46. The second-order valence-electron chi connectivity index (χ2n) is 4.75. The molecule has 2 aliphatic rings. The van der Waals surface area contributed by atoms with Crippen molar-refractivity contribution in [3.8, 4) is 5.88 Å². The lowest BCUT2D eigenvalue weighted by atomic mass is 10.0. The fraction of sp³-hybridized carbons (Fsp3) is 0.583.